The smallest absolute Gasteiger partial charge is 0.316 e. The fourth-order valence-corrected chi connectivity index (χ4v) is 2.46. The average molecular weight is 343 g/mol. The Labute approximate surface area is 142 Å². The summed E-state index contributed by atoms with van der Waals surface area (Å²) in [5.74, 6) is 0.595. The molecule has 1 fully saturated rings. The van der Waals surface area contributed by atoms with Crippen molar-refractivity contribution in [3.63, 3.8) is 0 Å². The van der Waals surface area contributed by atoms with E-state index in [0.717, 1.165) is 5.56 Å². The number of benzene rings is 1. The molecule has 0 atom stereocenters. The van der Waals surface area contributed by atoms with Gasteiger partial charge in [-0.2, -0.15) is 0 Å². The number of hydrogen-bond donors (Lipinski definition) is 0. The fourth-order valence-electron chi connectivity index (χ4n) is 2.46. The van der Waals surface area contributed by atoms with E-state index in [1.807, 2.05) is 0 Å². The van der Waals surface area contributed by atoms with Gasteiger partial charge < -0.3 is 4.74 Å². The predicted octanol–water partition coefficient (Wildman–Crippen LogP) is 3.45. The van der Waals surface area contributed by atoms with Crippen molar-refractivity contribution in [1.29, 1.82) is 0 Å². The maximum absolute atomic E-state index is 12.8. The van der Waals surface area contributed by atoms with Gasteiger partial charge in [-0.1, -0.05) is 17.3 Å². The Balaban J connectivity index is 1.41. The van der Waals surface area contributed by atoms with Gasteiger partial charge in [0.15, 0.2) is 0 Å². The first-order chi connectivity index (χ1) is 12.2. The summed E-state index contributed by atoms with van der Waals surface area (Å²) in [5.41, 5.74) is 2.14. The van der Waals surface area contributed by atoms with E-state index in [1.54, 1.807) is 30.7 Å². The van der Waals surface area contributed by atoms with Crippen LogP contribution in [0.15, 0.2) is 42.9 Å². The second kappa shape index (κ2) is 6.54. The van der Waals surface area contributed by atoms with Crippen LogP contribution in [0.3, 0.4) is 0 Å². The number of halogens is 2. The molecule has 25 heavy (non-hydrogen) atoms. The van der Waals surface area contributed by atoms with Crippen molar-refractivity contribution in [1.82, 2.24) is 25.0 Å². The second-order valence-electron chi connectivity index (χ2n) is 5.91. The molecule has 6 nitrogen and oxygen atoms in total. The number of nitrogens with zero attached hydrogens (tertiary/aromatic N) is 5. The summed E-state index contributed by atoms with van der Waals surface area (Å²) in [6.07, 6.45) is 5.06. The van der Waals surface area contributed by atoms with Gasteiger partial charge in [-0.05, 0) is 36.5 Å². The molecule has 0 spiro atoms. The van der Waals surface area contributed by atoms with E-state index in [1.165, 1.54) is 29.7 Å². The molecule has 0 saturated heterocycles. The molecular weight excluding hydrogens is 328 g/mol. The highest BCUT2D eigenvalue weighted by Crippen LogP contribution is 2.39. The predicted molar refractivity (Wildman–Crippen MR) is 84.7 cm³/mol. The van der Waals surface area contributed by atoms with Gasteiger partial charge in [-0.25, -0.2) is 23.4 Å². The van der Waals surface area contributed by atoms with Crippen molar-refractivity contribution in [2.75, 3.05) is 0 Å². The summed E-state index contributed by atoms with van der Waals surface area (Å²) in [5, 5.41) is 7.93. The molecule has 0 bridgehead atoms. The van der Waals surface area contributed by atoms with Gasteiger partial charge in [0.2, 0.25) is 0 Å². The molecule has 0 aliphatic heterocycles. The quantitative estimate of drug-likeness (QED) is 0.686. The number of alkyl halides is 2. The molecule has 1 aliphatic rings. The van der Waals surface area contributed by atoms with Crippen LogP contribution in [0.1, 0.15) is 42.0 Å². The van der Waals surface area contributed by atoms with Crippen molar-refractivity contribution in [2.24, 2.45) is 0 Å². The average Bonchev–Trinajstić information content (AvgIpc) is 3.38. The van der Waals surface area contributed by atoms with Gasteiger partial charge in [0.1, 0.15) is 12.3 Å². The molecule has 2 heterocycles. The van der Waals surface area contributed by atoms with Crippen LogP contribution in [0.2, 0.25) is 0 Å². The lowest BCUT2D eigenvalue weighted by molar-refractivity contribution is 0.151. The first-order valence-electron chi connectivity index (χ1n) is 7.93. The normalized spacial score (nSPS) is 14.0. The van der Waals surface area contributed by atoms with E-state index in [-0.39, 0.29) is 18.2 Å². The zero-order valence-corrected chi connectivity index (χ0v) is 13.2. The molecule has 8 heteroatoms. The third kappa shape index (κ3) is 3.62. The topological polar surface area (TPSA) is 65.7 Å². The second-order valence-corrected chi connectivity index (χ2v) is 5.91. The van der Waals surface area contributed by atoms with Crippen molar-refractivity contribution in [3.8, 4) is 11.7 Å². The molecule has 0 unspecified atom stereocenters. The molecule has 0 radical (unpaired) electrons. The fraction of sp³-hybridized carbons (Fsp3) is 0.294. The summed E-state index contributed by atoms with van der Waals surface area (Å²) < 4.78 is 32.5. The third-order valence-corrected chi connectivity index (χ3v) is 3.97. The van der Waals surface area contributed by atoms with E-state index >= 15 is 0 Å². The standard InChI is InChI=1S/C17H15F2N5O/c18-16(19)12-2-1-3-15(6-12)24-9-14(22-23-24)10-25-17-20-7-13(8-21-17)11-4-5-11/h1-3,6-9,11,16H,4-5,10H2. The summed E-state index contributed by atoms with van der Waals surface area (Å²) in [6.45, 7) is 0.150. The van der Waals surface area contributed by atoms with Crippen LogP contribution < -0.4 is 4.74 Å². The summed E-state index contributed by atoms with van der Waals surface area (Å²) in [7, 11) is 0. The molecule has 1 aliphatic carbocycles. The molecule has 0 amide bonds. The molecule has 0 N–H and O–H groups in total. The van der Waals surface area contributed by atoms with Gasteiger partial charge >= 0.3 is 6.01 Å². The van der Waals surface area contributed by atoms with Crippen molar-refractivity contribution < 1.29 is 13.5 Å². The minimum atomic E-state index is -2.53. The third-order valence-electron chi connectivity index (χ3n) is 3.97. The number of hydrogen-bond acceptors (Lipinski definition) is 5. The van der Waals surface area contributed by atoms with Gasteiger partial charge in [0.05, 0.1) is 11.9 Å². The first-order valence-corrected chi connectivity index (χ1v) is 7.93. The Morgan fingerprint density at radius 2 is 2.00 bits per heavy atom. The van der Waals surface area contributed by atoms with Crippen LogP contribution in [0.4, 0.5) is 8.78 Å². The molecule has 3 aromatic rings. The van der Waals surface area contributed by atoms with Crippen LogP contribution in [0, 0.1) is 0 Å². The number of ether oxygens (including phenoxy) is 1. The first kappa shape index (κ1) is 15.6. The largest absolute Gasteiger partial charge is 0.457 e. The minimum Gasteiger partial charge on any atom is -0.457 e. The van der Waals surface area contributed by atoms with Crippen LogP contribution in [0.5, 0.6) is 6.01 Å². The monoisotopic (exact) mass is 343 g/mol. The van der Waals surface area contributed by atoms with E-state index in [2.05, 4.69) is 20.3 Å². The number of aromatic nitrogens is 5. The number of rotatable bonds is 6. The van der Waals surface area contributed by atoms with Crippen molar-refractivity contribution in [3.05, 3.63) is 59.7 Å². The summed E-state index contributed by atoms with van der Waals surface area (Å²) in [4.78, 5) is 8.36. The van der Waals surface area contributed by atoms with Crippen molar-refractivity contribution in [2.45, 2.75) is 31.8 Å². The lowest BCUT2D eigenvalue weighted by Gasteiger charge is -2.04. The Bertz CT molecular complexity index is 861. The summed E-state index contributed by atoms with van der Waals surface area (Å²) in [6, 6.07) is 6.27. The Hall–Kier alpha value is -2.90. The zero-order valence-electron chi connectivity index (χ0n) is 13.2. The molecule has 1 saturated carbocycles. The van der Waals surface area contributed by atoms with Crippen LogP contribution >= 0.6 is 0 Å². The van der Waals surface area contributed by atoms with Gasteiger partial charge in [-0.15, -0.1) is 5.10 Å². The Kier molecular flexibility index (Phi) is 4.09. The van der Waals surface area contributed by atoms with E-state index in [9.17, 15) is 8.78 Å². The lowest BCUT2D eigenvalue weighted by atomic mass is 10.2. The Morgan fingerprint density at radius 1 is 1.20 bits per heavy atom. The van der Waals surface area contributed by atoms with Crippen molar-refractivity contribution >= 4 is 0 Å². The molecule has 1 aromatic carbocycles. The lowest BCUT2D eigenvalue weighted by Crippen LogP contribution is -2.00. The van der Waals surface area contributed by atoms with Crippen LogP contribution in [-0.2, 0) is 6.61 Å². The minimum absolute atomic E-state index is 0.0602. The molecular formula is C17H15F2N5O. The highest BCUT2D eigenvalue weighted by molar-refractivity contribution is 5.35. The van der Waals surface area contributed by atoms with Gasteiger partial charge in [-0.3, -0.25) is 0 Å². The Morgan fingerprint density at radius 3 is 2.72 bits per heavy atom. The van der Waals surface area contributed by atoms with E-state index < -0.39 is 6.43 Å². The van der Waals surface area contributed by atoms with Crippen LogP contribution in [0.25, 0.3) is 5.69 Å². The molecule has 2 aromatic heterocycles. The molecule has 4 rings (SSSR count). The van der Waals surface area contributed by atoms with E-state index in [4.69, 9.17) is 4.74 Å². The SMILES string of the molecule is FC(F)c1cccc(-n2cc(COc3ncc(C4CC4)cn3)nn2)c1. The zero-order chi connectivity index (χ0) is 17.2. The maximum Gasteiger partial charge on any atom is 0.316 e. The highest BCUT2D eigenvalue weighted by Gasteiger charge is 2.24. The highest BCUT2D eigenvalue weighted by atomic mass is 19.3. The maximum atomic E-state index is 12.8. The molecule has 128 valence electrons. The van der Waals surface area contributed by atoms with Crippen LogP contribution in [-0.4, -0.2) is 25.0 Å². The summed E-state index contributed by atoms with van der Waals surface area (Å²) >= 11 is 0. The van der Waals surface area contributed by atoms with Gasteiger partial charge in [0.25, 0.3) is 6.43 Å². The van der Waals surface area contributed by atoms with Gasteiger partial charge in [0, 0.05) is 18.0 Å². The van der Waals surface area contributed by atoms with E-state index in [0.29, 0.717) is 17.3 Å².